The SMILES string of the molecule is CNCC(=Cc1cccc(C(N)=S)c1)B1OC(C)(C)C(C)(C)O1. The second kappa shape index (κ2) is 6.73. The van der Waals surface area contributed by atoms with Crippen molar-refractivity contribution in [3.63, 3.8) is 0 Å². The Morgan fingerprint density at radius 2 is 1.87 bits per heavy atom. The molecular formula is C17H25BN2O2S. The zero-order valence-corrected chi connectivity index (χ0v) is 15.3. The molecule has 0 unspecified atom stereocenters. The molecule has 0 radical (unpaired) electrons. The van der Waals surface area contributed by atoms with E-state index in [4.69, 9.17) is 27.3 Å². The standard InChI is InChI=1S/C17H25BN2O2S/c1-16(2)17(3,4)22-18(21-16)14(11-20-5)10-12-7-6-8-13(9-12)15(19)23/h6-10,20H,11H2,1-5H3,(H2,19,23). The van der Waals surface area contributed by atoms with Crippen LogP contribution in [0.4, 0.5) is 0 Å². The van der Waals surface area contributed by atoms with E-state index in [-0.39, 0.29) is 18.3 Å². The Labute approximate surface area is 144 Å². The van der Waals surface area contributed by atoms with Crippen LogP contribution < -0.4 is 11.1 Å². The predicted octanol–water partition coefficient (Wildman–Crippen LogP) is 2.56. The van der Waals surface area contributed by atoms with Crippen molar-refractivity contribution in [1.82, 2.24) is 5.32 Å². The van der Waals surface area contributed by atoms with Crippen molar-refractivity contribution < 1.29 is 9.31 Å². The molecule has 0 aromatic heterocycles. The number of nitrogens with two attached hydrogens (primary N) is 1. The Morgan fingerprint density at radius 3 is 2.39 bits per heavy atom. The second-order valence-corrected chi connectivity index (χ2v) is 7.27. The normalized spacial score (nSPS) is 19.9. The van der Waals surface area contributed by atoms with Gasteiger partial charge in [-0.2, -0.15) is 0 Å². The van der Waals surface area contributed by atoms with Gasteiger partial charge in [0.1, 0.15) is 4.99 Å². The van der Waals surface area contributed by atoms with Crippen LogP contribution in [0.5, 0.6) is 0 Å². The van der Waals surface area contributed by atoms with Crippen LogP contribution >= 0.6 is 12.2 Å². The largest absolute Gasteiger partial charge is 0.491 e. The van der Waals surface area contributed by atoms with Crippen LogP contribution in [-0.4, -0.2) is 36.9 Å². The van der Waals surface area contributed by atoms with Gasteiger partial charge in [0.05, 0.1) is 11.2 Å². The van der Waals surface area contributed by atoms with Crippen molar-refractivity contribution >= 4 is 30.4 Å². The van der Waals surface area contributed by atoms with Crippen molar-refractivity contribution in [3.8, 4) is 0 Å². The first kappa shape index (κ1) is 18.1. The van der Waals surface area contributed by atoms with Crippen LogP contribution in [0.2, 0.25) is 0 Å². The number of rotatable bonds is 5. The van der Waals surface area contributed by atoms with Gasteiger partial charge in [-0.3, -0.25) is 0 Å². The maximum Gasteiger partial charge on any atom is 0.491 e. The minimum atomic E-state index is -0.374. The first-order valence-electron chi connectivity index (χ1n) is 7.77. The van der Waals surface area contributed by atoms with Crippen LogP contribution in [0.1, 0.15) is 38.8 Å². The summed E-state index contributed by atoms with van der Waals surface area (Å²) in [5, 5.41) is 3.18. The topological polar surface area (TPSA) is 56.5 Å². The van der Waals surface area contributed by atoms with E-state index in [1.807, 2.05) is 31.3 Å². The number of benzene rings is 1. The van der Waals surface area contributed by atoms with Gasteiger partial charge >= 0.3 is 7.12 Å². The fraction of sp³-hybridized carbons (Fsp3) is 0.471. The molecule has 124 valence electrons. The summed E-state index contributed by atoms with van der Waals surface area (Å²) in [6.45, 7) is 8.89. The average molecular weight is 332 g/mol. The summed E-state index contributed by atoms with van der Waals surface area (Å²) >= 11 is 5.05. The number of hydrogen-bond donors (Lipinski definition) is 2. The van der Waals surface area contributed by atoms with E-state index >= 15 is 0 Å². The highest BCUT2D eigenvalue weighted by Crippen LogP contribution is 2.38. The Bertz CT molecular complexity index is 613. The van der Waals surface area contributed by atoms with E-state index < -0.39 is 0 Å². The van der Waals surface area contributed by atoms with Crippen molar-refractivity contribution in [2.75, 3.05) is 13.6 Å². The lowest BCUT2D eigenvalue weighted by Crippen LogP contribution is -2.41. The van der Waals surface area contributed by atoms with Crippen LogP contribution in [0, 0.1) is 0 Å². The molecule has 0 aliphatic carbocycles. The maximum absolute atomic E-state index is 6.15. The molecule has 1 aromatic carbocycles. The fourth-order valence-corrected chi connectivity index (χ4v) is 2.52. The van der Waals surface area contributed by atoms with Crippen molar-refractivity contribution in [2.24, 2.45) is 5.73 Å². The summed E-state index contributed by atoms with van der Waals surface area (Å²) in [5.74, 6) is 0. The second-order valence-electron chi connectivity index (χ2n) is 6.83. The summed E-state index contributed by atoms with van der Waals surface area (Å²) in [6.07, 6.45) is 2.07. The third-order valence-corrected chi connectivity index (χ3v) is 4.70. The number of likely N-dealkylation sites (N-methyl/N-ethyl adjacent to an activating group) is 1. The van der Waals surface area contributed by atoms with Gasteiger partial charge in [0, 0.05) is 12.1 Å². The molecule has 2 rings (SSSR count). The zero-order chi connectivity index (χ0) is 17.3. The molecular weight excluding hydrogens is 307 g/mol. The van der Waals surface area contributed by atoms with Crippen molar-refractivity contribution in [1.29, 1.82) is 0 Å². The molecule has 1 saturated heterocycles. The molecule has 0 spiro atoms. The highest BCUT2D eigenvalue weighted by molar-refractivity contribution is 7.80. The van der Waals surface area contributed by atoms with Gasteiger partial charge in [0.2, 0.25) is 0 Å². The summed E-state index contributed by atoms with van der Waals surface area (Å²) in [5.41, 5.74) is 7.91. The Balaban J connectivity index is 2.32. The molecule has 1 heterocycles. The van der Waals surface area contributed by atoms with E-state index in [1.54, 1.807) is 0 Å². The highest BCUT2D eigenvalue weighted by Gasteiger charge is 2.52. The van der Waals surface area contributed by atoms with Gasteiger partial charge in [-0.25, -0.2) is 0 Å². The first-order chi connectivity index (χ1) is 10.7. The van der Waals surface area contributed by atoms with E-state index in [9.17, 15) is 0 Å². The van der Waals surface area contributed by atoms with Gasteiger partial charge < -0.3 is 20.4 Å². The summed E-state index contributed by atoms with van der Waals surface area (Å²) in [6, 6.07) is 7.85. The van der Waals surface area contributed by atoms with Crippen LogP contribution in [0.25, 0.3) is 6.08 Å². The molecule has 1 fully saturated rings. The minimum absolute atomic E-state index is 0.356. The monoisotopic (exact) mass is 332 g/mol. The summed E-state index contributed by atoms with van der Waals surface area (Å²) < 4.78 is 12.3. The molecule has 0 saturated carbocycles. The maximum atomic E-state index is 6.15. The van der Waals surface area contributed by atoms with E-state index in [0.29, 0.717) is 11.5 Å². The molecule has 4 nitrogen and oxygen atoms in total. The number of hydrogen-bond acceptors (Lipinski definition) is 4. The van der Waals surface area contributed by atoms with E-state index in [1.165, 1.54) is 0 Å². The molecule has 1 aliphatic rings. The molecule has 0 bridgehead atoms. The molecule has 23 heavy (non-hydrogen) atoms. The number of thiocarbonyl (C=S) groups is 1. The van der Waals surface area contributed by atoms with Crippen molar-refractivity contribution in [2.45, 2.75) is 38.9 Å². The minimum Gasteiger partial charge on any atom is -0.400 e. The average Bonchev–Trinajstić information content (AvgIpc) is 2.67. The molecule has 1 aromatic rings. The van der Waals surface area contributed by atoms with Crippen LogP contribution in [0.3, 0.4) is 0 Å². The molecule has 6 heteroatoms. The van der Waals surface area contributed by atoms with Gasteiger partial charge in [-0.1, -0.05) is 36.5 Å². The van der Waals surface area contributed by atoms with Crippen LogP contribution in [-0.2, 0) is 9.31 Å². The Morgan fingerprint density at radius 1 is 1.26 bits per heavy atom. The van der Waals surface area contributed by atoms with Gasteiger partial charge in [0.15, 0.2) is 0 Å². The third-order valence-electron chi connectivity index (χ3n) is 4.46. The Kier molecular flexibility index (Phi) is 5.31. The van der Waals surface area contributed by atoms with Gasteiger partial charge in [-0.05, 0) is 51.8 Å². The third kappa shape index (κ3) is 4.01. The van der Waals surface area contributed by atoms with Crippen molar-refractivity contribution in [3.05, 3.63) is 40.9 Å². The van der Waals surface area contributed by atoms with Crippen LogP contribution in [0.15, 0.2) is 29.7 Å². The lowest BCUT2D eigenvalue weighted by Gasteiger charge is -2.32. The van der Waals surface area contributed by atoms with E-state index in [0.717, 1.165) is 16.6 Å². The molecule has 0 atom stereocenters. The Hall–Kier alpha value is -1.21. The van der Waals surface area contributed by atoms with Gasteiger partial charge in [0.25, 0.3) is 0 Å². The highest BCUT2D eigenvalue weighted by atomic mass is 32.1. The summed E-state index contributed by atoms with van der Waals surface area (Å²) in [4.78, 5) is 0.394. The lowest BCUT2D eigenvalue weighted by atomic mass is 9.77. The summed E-state index contributed by atoms with van der Waals surface area (Å²) in [7, 11) is 1.53. The fourth-order valence-electron chi connectivity index (χ4n) is 2.40. The molecule has 0 amide bonds. The molecule has 1 aliphatic heterocycles. The van der Waals surface area contributed by atoms with Gasteiger partial charge in [-0.15, -0.1) is 0 Å². The zero-order valence-electron chi connectivity index (χ0n) is 14.5. The lowest BCUT2D eigenvalue weighted by molar-refractivity contribution is 0.00578. The first-order valence-corrected chi connectivity index (χ1v) is 8.18. The quantitative estimate of drug-likeness (QED) is 0.641. The predicted molar refractivity (Wildman–Crippen MR) is 100 cm³/mol. The molecule has 3 N–H and O–H groups in total. The smallest absolute Gasteiger partial charge is 0.400 e. The van der Waals surface area contributed by atoms with E-state index in [2.05, 4.69) is 39.1 Å². The number of nitrogens with one attached hydrogen (secondary N) is 1.